The fourth-order valence-corrected chi connectivity index (χ4v) is 4.46. The van der Waals surface area contributed by atoms with E-state index >= 15 is 0 Å². The molecule has 6 nitrogen and oxygen atoms in total. The van der Waals surface area contributed by atoms with Crippen molar-refractivity contribution in [2.24, 2.45) is 10.9 Å². The van der Waals surface area contributed by atoms with Crippen LogP contribution in [0.25, 0.3) is 0 Å². The van der Waals surface area contributed by atoms with Crippen LogP contribution < -0.4 is 10.6 Å². The summed E-state index contributed by atoms with van der Waals surface area (Å²) in [5.41, 5.74) is 0.240. The Labute approximate surface area is 159 Å². The van der Waals surface area contributed by atoms with Gasteiger partial charge in [0, 0.05) is 45.7 Å². The number of rotatable bonds is 5. The molecule has 2 fully saturated rings. The normalized spacial score (nSPS) is 22.2. The summed E-state index contributed by atoms with van der Waals surface area (Å²) < 4.78 is 0. The predicted molar refractivity (Wildman–Crippen MR) is 108 cm³/mol. The smallest absolute Gasteiger partial charge is 0.220 e. The van der Waals surface area contributed by atoms with Crippen LogP contribution in [-0.4, -0.2) is 75.0 Å². The highest BCUT2D eigenvalue weighted by Crippen LogP contribution is 2.30. The molecule has 2 aliphatic rings. The monoisotopic (exact) mass is 365 g/mol. The van der Waals surface area contributed by atoms with E-state index in [9.17, 15) is 4.79 Å². The van der Waals surface area contributed by atoms with Crippen molar-refractivity contribution in [3.05, 3.63) is 0 Å². The lowest BCUT2D eigenvalue weighted by Crippen LogP contribution is -2.55. The first-order valence-corrected chi connectivity index (χ1v) is 10.3. The lowest BCUT2D eigenvalue weighted by molar-refractivity contribution is -0.121. The van der Waals surface area contributed by atoms with Crippen LogP contribution in [0.2, 0.25) is 0 Å². The molecule has 0 aromatic heterocycles. The first-order chi connectivity index (χ1) is 12.5. The predicted octanol–water partition coefficient (Wildman–Crippen LogP) is 2.06. The van der Waals surface area contributed by atoms with Gasteiger partial charge in [0.25, 0.3) is 0 Å². The molecule has 1 heterocycles. The molecule has 2 N–H and O–H groups in total. The van der Waals surface area contributed by atoms with Crippen LogP contribution >= 0.6 is 0 Å². The molecule has 1 aliphatic carbocycles. The van der Waals surface area contributed by atoms with E-state index in [1.807, 2.05) is 7.05 Å². The zero-order valence-corrected chi connectivity index (χ0v) is 17.3. The fraction of sp³-hybridized carbons (Fsp3) is 0.900. The van der Waals surface area contributed by atoms with Gasteiger partial charge in [0.05, 0.1) is 0 Å². The Balaban J connectivity index is 1.88. The molecule has 0 aromatic rings. The standard InChI is InChI=1S/C20H39N5O/c1-21-18(26)15-17-9-13-25(14-10-17)19(22-2)23-16-20(24(3)4)11-7-5-6-8-12-20/h17H,5-16H2,1-4H3,(H,21,26)(H,22,23). The second-order valence-electron chi connectivity index (χ2n) is 8.24. The molecule has 0 aromatic carbocycles. The molecule has 0 atom stereocenters. The maximum absolute atomic E-state index is 11.6. The fourth-order valence-electron chi connectivity index (χ4n) is 4.46. The highest BCUT2D eigenvalue weighted by atomic mass is 16.1. The first-order valence-electron chi connectivity index (χ1n) is 10.3. The summed E-state index contributed by atoms with van der Waals surface area (Å²) in [7, 11) is 8.05. The summed E-state index contributed by atoms with van der Waals surface area (Å²) in [5.74, 6) is 1.68. The van der Waals surface area contributed by atoms with Crippen LogP contribution in [0.3, 0.4) is 0 Å². The molecule has 150 valence electrons. The summed E-state index contributed by atoms with van der Waals surface area (Å²) in [6, 6.07) is 0. The van der Waals surface area contributed by atoms with E-state index in [1.54, 1.807) is 7.05 Å². The van der Waals surface area contributed by atoms with Crippen LogP contribution in [-0.2, 0) is 4.79 Å². The molecule has 0 spiro atoms. The zero-order chi connectivity index (χ0) is 19.0. The molecule has 0 unspecified atom stereocenters. The number of nitrogens with one attached hydrogen (secondary N) is 2. The number of nitrogens with zero attached hydrogens (tertiary/aromatic N) is 3. The summed E-state index contributed by atoms with van der Waals surface area (Å²) in [6.07, 6.45) is 10.7. The highest BCUT2D eigenvalue weighted by molar-refractivity contribution is 5.80. The number of likely N-dealkylation sites (tertiary alicyclic amines) is 1. The van der Waals surface area contributed by atoms with Crippen molar-refractivity contribution in [2.45, 2.75) is 63.3 Å². The zero-order valence-electron chi connectivity index (χ0n) is 17.3. The molecule has 1 aliphatic heterocycles. The lowest BCUT2D eigenvalue weighted by atomic mass is 9.88. The third kappa shape index (κ3) is 5.60. The van der Waals surface area contributed by atoms with Gasteiger partial charge in [-0.2, -0.15) is 0 Å². The highest BCUT2D eigenvalue weighted by Gasteiger charge is 2.34. The second kappa shape index (κ2) is 10.1. The van der Waals surface area contributed by atoms with Gasteiger partial charge in [0.1, 0.15) is 0 Å². The van der Waals surface area contributed by atoms with E-state index in [1.165, 1.54) is 38.5 Å². The molecule has 1 saturated carbocycles. The van der Waals surface area contributed by atoms with Crippen LogP contribution in [0.4, 0.5) is 0 Å². The third-order valence-corrected chi connectivity index (χ3v) is 6.44. The minimum Gasteiger partial charge on any atom is -0.359 e. The van der Waals surface area contributed by atoms with E-state index < -0.39 is 0 Å². The van der Waals surface area contributed by atoms with Gasteiger partial charge in [0.2, 0.25) is 5.91 Å². The van der Waals surface area contributed by atoms with E-state index in [2.05, 4.69) is 39.5 Å². The minimum absolute atomic E-state index is 0.159. The van der Waals surface area contributed by atoms with Gasteiger partial charge in [-0.3, -0.25) is 9.79 Å². The van der Waals surface area contributed by atoms with Gasteiger partial charge < -0.3 is 20.4 Å². The minimum atomic E-state index is 0.159. The van der Waals surface area contributed by atoms with Crippen molar-refractivity contribution >= 4 is 11.9 Å². The molecule has 1 saturated heterocycles. The Kier molecular flexibility index (Phi) is 8.19. The van der Waals surface area contributed by atoms with Crippen LogP contribution in [0.15, 0.2) is 4.99 Å². The Morgan fingerprint density at radius 1 is 1.15 bits per heavy atom. The van der Waals surface area contributed by atoms with Crippen molar-refractivity contribution in [2.75, 3.05) is 47.8 Å². The average molecular weight is 366 g/mol. The Morgan fingerprint density at radius 2 is 1.77 bits per heavy atom. The maximum atomic E-state index is 11.6. The van der Waals surface area contributed by atoms with Crippen LogP contribution in [0.1, 0.15) is 57.8 Å². The summed E-state index contributed by atoms with van der Waals surface area (Å²) in [4.78, 5) is 20.9. The molecule has 0 radical (unpaired) electrons. The number of hydrogen-bond donors (Lipinski definition) is 2. The number of carbonyl (C=O) groups is 1. The summed E-state index contributed by atoms with van der Waals surface area (Å²) in [5, 5.41) is 6.42. The van der Waals surface area contributed by atoms with Gasteiger partial charge in [-0.25, -0.2) is 0 Å². The van der Waals surface area contributed by atoms with Gasteiger partial charge in [0.15, 0.2) is 5.96 Å². The van der Waals surface area contributed by atoms with Gasteiger partial charge in [-0.1, -0.05) is 25.7 Å². The molecule has 1 amide bonds. The largest absolute Gasteiger partial charge is 0.359 e. The molecule has 2 rings (SSSR count). The molecule has 0 bridgehead atoms. The third-order valence-electron chi connectivity index (χ3n) is 6.44. The number of likely N-dealkylation sites (N-methyl/N-ethyl adjacent to an activating group) is 1. The van der Waals surface area contributed by atoms with E-state index in [-0.39, 0.29) is 11.4 Å². The number of guanidine groups is 1. The van der Waals surface area contributed by atoms with Crippen LogP contribution in [0.5, 0.6) is 0 Å². The molecule has 26 heavy (non-hydrogen) atoms. The van der Waals surface area contributed by atoms with Crippen molar-refractivity contribution < 1.29 is 4.79 Å². The van der Waals surface area contributed by atoms with E-state index in [0.717, 1.165) is 38.4 Å². The number of piperidine rings is 1. The van der Waals surface area contributed by atoms with E-state index in [4.69, 9.17) is 0 Å². The SMILES string of the molecule is CN=C(NCC1(N(C)C)CCCCCC1)N1CCC(CC(=O)NC)CC1. The Morgan fingerprint density at radius 3 is 2.27 bits per heavy atom. The Bertz CT molecular complexity index is 461. The van der Waals surface area contributed by atoms with Crippen LogP contribution in [0, 0.1) is 5.92 Å². The Hall–Kier alpha value is -1.30. The first kappa shape index (κ1) is 21.0. The topological polar surface area (TPSA) is 60.0 Å². The van der Waals surface area contributed by atoms with Gasteiger partial charge in [-0.05, 0) is 45.7 Å². The number of amides is 1. The summed E-state index contributed by atoms with van der Waals surface area (Å²) in [6.45, 7) is 2.93. The second-order valence-corrected chi connectivity index (χ2v) is 8.24. The molecule has 6 heteroatoms. The summed E-state index contributed by atoms with van der Waals surface area (Å²) >= 11 is 0. The van der Waals surface area contributed by atoms with Gasteiger partial charge >= 0.3 is 0 Å². The number of aliphatic imine (C=N–C) groups is 1. The molecular formula is C20H39N5O. The quantitative estimate of drug-likeness (QED) is 0.445. The van der Waals surface area contributed by atoms with Crippen molar-refractivity contribution in [1.82, 2.24) is 20.4 Å². The van der Waals surface area contributed by atoms with Crippen molar-refractivity contribution in [3.63, 3.8) is 0 Å². The van der Waals surface area contributed by atoms with Crippen molar-refractivity contribution in [1.29, 1.82) is 0 Å². The van der Waals surface area contributed by atoms with Gasteiger partial charge in [-0.15, -0.1) is 0 Å². The maximum Gasteiger partial charge on any atom is 0.220 e. The average Bonchev–Trinajstić information content (AvgIpc) is 2.90. The van der Waals surface area contributed by atoms with Crippen molar-refractivity contribution in [3.8, 4) is 0 Å². The lowest BCUT2D eigenvalue weighted by Gasteiger charge is -2.41. The number of hydrogen-bond acceptors (Lipinski definition) is 3. The number of carbonyl (C=O) groups excluding carboxylic acids is 1. The molecular weight excluding hydrogens is 326 g/mol. The van der Waals surface area contributed by atoms with E-state index in [0.29, 0.717) is 12.3 Å².